The Morgan fingerprint density at radius 1 is 1.19 bits per heavy atom. The molecule has 1 aliphatic rings. The fraction of sp³-hybridized carbons (Fsp3) is 0.455. The summed E-state index contributed by atoms with van der Waals surface area (Å²) in [6.07, 6.45) is -1.56. The number of aromatic nitrogens is 2. The Bertz CT molecular complexity index is 991. The third kappa shape index (κ3) is 7.21. The summed E-state index contributed by atoms with van der Waals surface area (Å²) < 4.78 is 46.6. The number of rotatable bonds is 10. The quantitative estimate of drug-likeness (QED) is 0.594. The maximum atomic E-state index is 12.6. The van der Waals surface area contributed by atoms with E-state index in [4.69, 9.17) is 4.74 Å². The Hall–Kier alpha value is -3.17. The van der Waals surface area contributed by atoms with Crippen molar-refractivity contribution < 1.29 is 32.2 Å². The standard InChI is InChI=1S/C22H24F3N3O4/c1-13-7-16(9-17(27-13)10-18(29)8-14-3-4-14)20(30)26-11-15-5-6-19(28-21(15)31-2)32-12-22(23,24)25/h5-7,9,14H,3-4,8,10-12H2,1-2H3,(H,26,30). The number of nitrogens with one attached hydrogen (secondary N) is 1. The zero-order valence-corrected chi connectivity index (χ0v) is 17.8. The summed E-state index contributed by atoms with van der Waals surface area (Å²) in [4.78, 5) is 33.0. The molecule has 2 heterocycles. The molecule has 3 rings (SSSR count). The smallest absolute Gasteiger partial charge is 0.422 e. The van der Waals surface area contributed by atoms with Crippen LogP contribution < -0.4 is 14.8 Å². The van der Waals surface area contributed by atoms with Crippen LogP contribution in [0.15, 0.2) is 24.3 Å². The number of ketones is 1. The number of hydrogen-bond acceptors (Lipinski definition) is 6. The molecule has 172 valence electrons. The van der Waals surface area contributed by atoms with Crippen molar-refractivity contribution in [3.63, 3.8) is 0 Å². The summed E-state index contributed by atoms with van der Waals surface area (Å²) in [5, 5.41) is 2.72. The van der Waals surface area contributed by atoms with Gasteiger partial charge in [0, 0.05) is 48.0 Å². The predicted molar refractivity (Wildman–Crippen MR) is 109 cm³/mol. The Morgan fingerprint density at radius 2 is 1.94 bits per heavy atom. The second-order valence-corrected chi connectivity index (χ2v) is 7.76. The number of ether oxygens (including phenoxy) is 2. The third-order valence-electron chi connectivity index (χ3n) is 4.79. The van der Waals surface area contributed by atoms with Crippen molar-refractivity contribution in [3.8, 4) is 11.8 Å². The van der Waals surface area contributed by atoms with Gasteiger partial charge in [-0.25, -0.2) is 0 Å². The van der Waals surface area contributed by atoms with E-state index >= 15 is 0 Å². The monoisotopic (exact) mass is 451 g/mol. The highest BCUT2D eigenvalue weighted by Gasteiger charge is 2.29. The predicted octanol–water partition coefficient (Wildman–Crippen LogP) is 3.58. The van der Waals surface area contributed by atoms with E-state index in [1.54, 1.807) is 19.1 Å². The number of methoxy groups -OCH3 is 1. The average molecular weight is 451 g/mol. The summed E-state index contributed by atoms with van der Waals surface area (Å²) >= 11 is 0. The van der Waals surface area contributed by atoms with Gasteiger partial charge in [-0.15, -0.1) is 0 Å². The van der Waals surface area contributed by atoms with Crippen molar-refractivity contribution >= 4 is 11.7 Å². The van der Waals surface area contributed by atoms with Gasteiger partial charge in [0.2, 0.25) is 11.8 Å². The lowest BCUT2D eigenvalue weighted by Crippen LogP contribution is -2.24. The zero-order chi connectivity index (χ0) is 23.3. The van der Waals surface area contributed by atoms with E-state index in [1.807, 2.05) is 0 Å². The summed E-state index contributed by atoms with van der Waals surface area (Å²) in [6, 6.07) is 5.96. The van der Waals surface area contributed by atoms with E-state index in [0.717, 1.165) is 12.8 Å². The Balaban J connectivity index is 1.62. The second-order valence-electron chi connectivity index (χ2n) is 7.76. The Kier molecular flexibility index (Phi) is 7.32. The molecular weight excluding hydrogens is 427 g/mol. The summed E-state index contributed by atoms with van der Waals surface area (Å²) in [5.74, 6) is 0.0251. The number of carbonyl (C=O) groups excluding carboxylic acids is 2. The number of pyridine rings is 2. The Labute approximate surface area is 183 Å². The number of carbonyl (C=O) groups is 2. The molecule has 0 spiro atoms. The van der Waals surface area contributed by atoms with Crippen LogP contribution in [0.25, 0.3) is 0 Å². The number of aryl methyl sites for hydroxylation is 1. The first-order valence-electron chi connectivity index (χ1n) is 10.1. The molecule has 7 nitrogen and oxygen atoms in total. The number of hydrogen-bond donors (Lipinski definition) is 1. The van der Waals surface area contributed by atoms with E-state index in [-0.39, 0.29) is 36.4 Å². The molecule has 0 bridgehead atoms. The lowest BCUT2D eigenvalue weighted by atomic mass is 10.1. The molecule has 1 aliphatic carbocycles. The zero-order valence-electron chi connectivity index (χ0n) is 17.8. The van der Waals surface area contributed by atoms with Gasteiger partial charge in [-0.05, 0) is 43.9 Å². The molecule has 1 fully saturated rings. The van der Waals surface area contributed by atoms with Crippen LogP contribution in [0, 0.1) is 12.8 Å². The van der Waals surface area contributed by atoms with Crippen LogP contribution >= 0.6 is 0 Å². The minimum atomic E-state index is -4.48. The van der Waals surface area contributed by atoms with Crippen LogP contribution in [-0.4, -0.2) is 41.6 Å². The molecule has 0 radical (unpaired) electrons. The number of halogens is 3. The molecule has 10 heteroatoms. The van der Waals surface area contributed by atoms with Gasteiger partial charge in [-0.1, -0.05) is 0 Å². The Morgan fingerprint density at radius 3 is 2.59 bits per heavy atom. The molecule has 1 amide bonds. The molecule has 0 saturated heterocycles. The fourth-order valence-electron chi connectivity index (χ4n) is 3.15. The van der Waals surface area contributed by atoms with Crippen LogP contribution in [0.2, 0.25) is 0 Å². The molecule has 0 atom stereocenters. The molecule has 0 unspecified atom stereocenters. The second kappa shape index (κ2) is 9.97. The molecular formula is C22H24F3N3O4. The highest BCUT2D eigenvalue weighted by Crippen LogP contribution is 2.32. The van der Waals surface area contributed by atoms with Crippen molar-refractivity contribution in [2.75, 3.05) is 13.7 Å². The highest BCUT2D eigenvalue weighted by molar-refractivity contribution is 5.94. The summed E-state index contributed by atoms with van der Waals surface area (Å²) in [7, 11) is 1.32. The molecule has 1 saturated carbocycles. The molecule has 0 aliphatic heterocycles. The van der Waals surface area contributed by atoms with Crippen molar-refractivity contribution in [3.05, 3.63) is 46.8 Å². The van der Waals surface area contributed by atoms with Crippen molar-refractivity contribution in [1.82, 2.24) is 15.3 Å². The number of Topliss-reactive ketones (excluding diaryl/α,β-unsaturated/α-hetero) is 1. The van der Waals surface area contributed by atoms with Gasteiger partial charge >= 0.3 is 6.18 Å². The van der Waals surface area contributed by atoms with Gasteiger partial charge in [-0.2, -0.15) is 18.2 Å². The topological polar surface area (TPSA) is 90.4 Å². The van der Waals surface area contributed by atoms with Gasteiger partial charge in [0.25, 0.3) is 5.91 Å². The summed E-state index contributed by atoms with van der Waals surface area (Å²) in [6.45, 7) is 0.316. The molecule has 2 aromatic rings. The highest BCUT2D eigenvalue weighted by atomic mass is 19.4. The molecule has 32 heavy (non-hydrogen) atoms. The number of alkyl halides is 3. The summed E-state index contributed by atoms with van der Waals surface area (Å²) in [5.41, 5.74) is 2.00. The van der Waals surface area contributed by atoms with Crippen LogP contribution in [0.4, 0.5) is 13.2 Å². The fourth-order valence-corrected chi connectivity index (χ4v) is 3.15. The third-order valence-corrected chi connectivity index (χ3v) is 4.79. The van der Waals surface area contributed by atoms with E-state index < -0.39 is 12.8 Å². The van der Waals surface area contributed by atoms with E-state index in [1.165, 1.54) is 19.2 Å². The average Bonchev–Trinajstić information content (AvgIpc) is 3.53. The van der Waals surface area contributed by atoms with E-state index in [2.05, 4.69) is 20.0 Å². The van der Waals surface area contributed by atoms with Crippen LogP contribution in [0.3, 0.4) is 0 Å². The lowest BCUT2D eigenvalue weighted by Gasteiger charge is -2.13. The molecule has 1 N–H and O–H groups in total. The lowest BCUT2D eigenvalue weighted by molar-refractivity contribution is -0.154. The maximum absolute atomic E-state index is 12.6. The largest absolute Gasteiger partial charge is 0.481 e. The van der Waals surface area contributed by atoms with E-state index in [9.17, 15) is 22.8 Å². The van der Waals surface area contributed by atoms with Gasteiger partial charge in [0.05, 0.1) is 7.11 Å². The number of nitrogens with zero attached hydrogens (tertiary/aromatic N) is 2. The van der Waals surface area contributed by atoms with Crippen molar-refractivity contribution in [2.45, 2.75) is 45.3 Å². The maximum Gasteiger partial charge on any atom is 0.422 e. The van der Waals surface area contributed by atoms with E-state index in [0.29, 0.717) is 34.9 Å². The van der Waals surface area contributed by atoms with Gasteiger partial charge in [0.15, 0.2) is 6.61 Å². The number of amides is 1. The SMILES string of the molecule is COc1nc(OCC(F)(F)F)ccc1CNC(=O)c1cc(C)nc(CC(=O)CC2CC2)c1. The minimum absolute atomic E-state index is 0.0336. The first kappa shape index (κ1) is 23.5. The van der Waals surface area contributed by atoms with Gasteiger partial charge in [-0.3, -0.25) is 14.6 Å². The van der Waals surface area contributed by atoms with Crippen molar-refractivity contribution in [2.24, 2.45) is 5.92 Å². The van der Waals surface area contributed by atoms with Gasteiger partial charge < -0.3 is 14.8 Å². The van der Waals surface area contributed by atoms with Crippen molar-refractivity contribution in [1.29, 1.82) is 0 Å². The normalized spacial score (nSPS) is 13.5. The van der Waals surface area contributed by atoms with Crippen LogP contribution in [0.5, 0.6) is 11.8 Å². The first-order valence-corrected chi connectivity index (χ1v) is 10.1. The van der Waals surface area contributed by atoms with Gasteiger partial charge in [0.1, 0.15) is 5.78 Å². The minimum Gasteiger partial charge on any atom is -0.481 e. The first-order chi connectivity index (χ1) is 15.1. The molecule has 2 aromatic heterocycles. The molecule has 0 aromatic carbocycles. The van der Waals surface area contributed by atoms with Crippen LogP contribution in [-0.2, 0) is 17.8 Å². The van der Waals surface area contributed by atoms with Crippen LogP contribution in [0.1, 0.15) is 46.6 Å².